The summed E-state index contributed by atoms with van der Waals surface area (Å²) in [5, 5.41) is 10.7. The summed E-state index contributed by atoms with van der Waals surface area (Å²) in [6, 6.07) is 24.5. The molecule has 0 radical (unpaired) electrons. The summed E-state index contributed by atoms with van der Waals surface area (Å²) in [7, 11) is 0. The summed E-state index contributed by atoms with van der Waals surface area (Å²) in [6.45, 7) is 1.82. The first kappa shape index (κ1) is 34.8. The number of halogens is 6. The maximum absolute atomic E-state index is 13.4. The first-order chi connectivity index (χ1) is 22.5. The van der Waals surface area contributed by atoms with E-state index in [9.17, 15) is 27.1 Å². The Balaban J connectivity index is 0.000000330. The molecule has 0 spiro atoms. The third-order valence-corrected chi connectivity index (χ3v) is 9.62. The number of hydrogen-bond donors (Lipinski definition) is 1. The quantitative estimate of drug-likeness (QED) is 0.155. The molecule has 0 amide bonds. The van der Waals surface area contributed by atoms with E-state index >= 15 is 0 Å². The highest BCUT2D eigenvalue weighted by atomic mass is 35.5. The van der Waals surface area contributed by atoms with Crippen LogP contribution in [0.25, 0.3) is 6.08 Å². The van der Waals surface area contributed by atoms with Crippen LogP contribution in [0.15, 0.2) is 106 Å². The Morgan fingerprint density at radius 3 is 2.11 bits per heavy atom. The summed E-state index contributed by atoms with van der Waals surface area (Å²) in [5.74, 6) is -0.663. The Hall–Kier alpha value is -3.50. The molecule has 0 saturated carbocycles. The minimum atomic E-state index is -4.59. The average Bonchev–Trinajstić information content (AvgIpc) is 3.31. The van der Waals surface area contributed by atoms with E-state index in [1.807, 2.05) is 24.4 Å². The summed E-state index contributed by atoms with van der Waals surface area (Å²) < 4.78 is 70.8. The number of allylic oxidation sites excluding steroid dienone is 1. The lowest BCUT2D eigenvalue weighted by molar-refractivity contribution is -0.137. The van der Waals surface area contributed by atoms with Crippen molar-refractivity contribution in [3.05, 3.63) is 142 Å². The van der Waals surface area contributed by atoms with Gasteiger partial charge >= 0.3 is 6.18 Å². The molecule has 4 aromatic rings. The fourth-order valence-electron chi connectivity index (χ4n) is 5.87. The molecule has 0 aliphatic carbocycles. The summed E-state index contributed by atoms with van der Waals surface area (Å²) in [6.07, 6.45) is 3.43. The molecule has 47 heavy (non-hydrogen) atoms. The summed E-state index contributed by atoms with van der Waals surface area (Å²) in [4.78, 5) is 3.40. The molecule has 4 aromatic carbocycles. The van der Waals surface area contributed by atoms with Gasteiger partial charge < -0.3 is 10.0 Å². The highest BCUT2D eigenvalue weighted by Gasteiger charge is 2.38. The molecule has 6 rings (SSSR count). The minimum Gasteiger partial charge on any atom is -0.385 e. The van der Waals surface area contributed by atoms with Crippen molar-refractivity contribution in [1.29, 1.82) is 0 Å². The number of benzene rings is 4. The monoisotopic (exact) mass is 684 g/mol. The number of rotatable bonds is 7. The first-order valence-corrected chi connectivity index (χ1v) is 16.5. The van der Waals surface area contributed by atoms with E-state index < -0.39 is 17.3 Å². The largest absolute Gasteiger partial charge is 0.417 e. The number of hydrogen-bond acceptors (Lipinski definition) is 4. The van der Waals surface area contributed by atoms with Gasteiger partial charge in [0.1, 0.15) is 11.6 Å². The number of piperidine rings is 1. The van der Waals surface area contributed by atoms with Crippen LogP contribution in [0.4, 0.5) is 22.0 Å². The van der Waals surface area contributed by atoms with Crippen LogP contribution in [0.5, 0.6) is 0 Å². The second-order valence-electron chi connectivity index (χ2n) is 11.6. The Labute approximate surface area is 280 Å². The van der Waals surface area contributed by atoms with Crippen LogP contribution < -0.4 is 0 Å². The maximum Gasteiger partial charge on any atom is 0.417 e. The number of likely N-dealkylation sites (tertiary alicyclic amines) is 1. The van der Waals surface area contributed by atoms with Crippen LogP contribution >= 0.6 is 23.5 Å². The molecule has 246 valence electrons. The predicted octanol–water partition coefficient (Wildman–Crippen LogP) is 10.3. The van der Waals surface area contributed by atoms with Gasteiger partial charge in [-0.3, -0.25) is 0 Å². The van der Waals surface area contributed by atoms with Crippen molar-refractivity contribution in [1.82, 2.24) is 4.90 Å². The molecule has 2 aliphatic rings. The summed E-state index contributed by atoms with van der Waals surface area (Å²) >= 11 is 7.24. The molecule has 0 aromatic heterocycles. The molecular formula is C37H34ClF5N2OS. The molecule has 2 heterocycles. The van der Waals surface area contributed by atoms with E-state index in [1.165, 1.54) is 58.8 Å². The summed E-state index contributed by atoms with van der Waals surface area (Å²) in [5.41, 5.74) is 1.08. The molecule has 0 unspecified atom stereocenters. The van der Waals surface area contributed by atoms with E-state index in [1.54, 1.807) is 24.3 Å². The molecule has 10 heteroatoms. The fourth-order valence-corrected chi connectivity index (χ4v) is 6.72. The van der Waals surface area contributed by atoms with E-state index in [2.05, 4.69) is 27.5 Å². The zero-order valence-corrected chi connectivity index (χ0v) is 27.0. The highest BCUT2D eigenvalue weighted by molar-refractivity contribution is 7.98. The smallest absolute Gasteiger partial charge is 0.385 e. The van der Waals surface area contributed by atoms with Crippen LogP contribution in [0.2, 0.25) is 5.02 Å². The SMILES string of the molecule is C1=Cc2ccccc2SN=C1.OC1(c2ccc(Cl)c(C(F)(F)F)c2)CCN(CCCC(c2ccc(F)cc2)c2ccc(F)cc2)CC1. The number of alkyl halides is 3. The Bertz CT molecular complexity index is 1640. The van der Waals surface area contributed by atoms with Gasteiger partial charge in [-0.2, -0.15) is 13.2 Å². The van der Waals surface area contributed by atoms with Crippen LogP contribution in [-0.2, 0) is 11.8 Å². The van der Waals surface area contributed by atoms with Crippen molar-refractivity contribution in [3.8, 4) is 0 Å². The lowest BCUT2D eigenvalue weighted by atomic mass is 9.83. The van der Waals surface area contributed by atoms with Crippen LogP contribution in [0.1, 0.15) is 59.4 Å². The molecule has 1 N–H and O–H groups in total. The van der Waals surface area contributed by atoms with Crippen LogP contribution in [0, 0.1) is 11.6 Å². The lowest BCUT2D eigenvalue weighted by Gasteiger charge is -2.39. The van der Waals surface area contributed by atoms with Gasteiger partial charge in [-0.1, -0.05) is 66.2 Å². The first-order valence-electron chi connectivity index (χ1n) is 15.3. The van der Waals surface area contributed by atoms with Gasteiger partial charge in [0.05, 0.1) is 16.2 Å². The molecular weight excluding hydrogens is 651 g/mol. The van der Waals surface area contributed by atoms with Crippen molar-refractivity contribution in [2.24, 2.45) is 4.40 Å². The van der Waals surface area contributed by atoms with Gasteiger partial charge in [0.25, 0.3) is 0 Å². The van der Waals surface area contributed by atoms with E-state index in [-0.39, 0.29) is 28.1 Å². The second kappa shape index (κ2) is 15.6. The third kappa shape index (κ3) is 9.32. The predicted molar refractivity (Wildman–Crippen MR) is 180 cm³/mol. The van der Waals surface area contributed by atoms with Gasteiger partial charge in [0.15, 0.2) is 0 Å². The number of nitrogens with zero attached hydrogens (tertiary/aromatic N) is 2. The maximum atomic E-state index is 13.4. The standard InChI is InChI=1S/C28H27ClF5NO.C9H7NS/c29-26-12-7-21(18-25(26)28(32,33)34)27(36)13-16-35(17-14-27)15-1-2-24(19-3-8-22(30)9-4-19)20-5-10-23(31)11-6-20;1-2-6-9-8(4-1)5-3-7-10-11-9/h3-12,18,24,36H,1-2,13-17H2;1-7H. The van der Waals surface area contributed by atoms with Gasteiger partial charge in [-0.05, 0) is 103 Å². The van der Waals surface area contributed by atoms with E-state index in [0.29, 0.717) is 25.9 Å². The van der Waals surface area contributed by atoms with Crippen molar-refractivity contribution >= 4 is 35.8 Å². The number of fused-ring (bicyclic) bond motifs is 1. The Kier molecular flexibility index (Phi) is 11.6. The van der Waals surface area contributed by atoms with Gasteiger partial charge in [-0.15, -0.1) is 0 Å². The fraction of sp³-hybridized carbons (Fsp3) is 0.270. The zero-order chi connectivity index (χ0) is 33.4. The van der Waals surface area contributed by atoms with Crippen molar-refractivity contribution < 1.29 is 27.1 Å². The van der Waals surface area contributed by atoms with E-state index in [4.69, 9.17) is 11.6 Å². The number of aliphatic hydroxyl groups is 1. The van der Waals surface area contributed by atoms with Crippen LogP contribution in [-0.4, -0.2) is 35.9 Å². The van der Waals surface area contributed by atoms with Crippen molar-refractivity contribution in [3.63, 3.8) is 0 Å². The average molecular weight is 685 g/mol. The van der Waals surface area contributed by atoms with Crippen molar-refractivity contribution in [2.45, 2.75) is 48.3 Å². The van der Waals surface area contributed by atoms with Crippen molar-refractivity contribution in [2.75, 3.05) is 19.6 Å². The Morgan fingerprint density at radius 2 is 1.49 bits per heavy atom. The van der Waals surface area contributed by atoms with Crippen LogP contribution in [0.3, 0.4) is 0 Å². The third-order valence-electron chi connectivity index (χ3n) is 8.50. The molecule has 1 fully saturated rings. The van der Waals surface area contributed by atoms with Gasteiger partial charge in [0, 0.05) is 42.1 Å². The van der Waals surface area contributed by atoms with E-state index in [0.717, 1.165) is 36.6 Å². The minimum absolute atomic E-state index is 0.0252. The molecule has 2 aliphatic heterocycles. The normalized spacial score (nSPS) is 15.9. The molecule has 0 bridgehead atoms. The Morgan fingerprint density at radius 1 is 0.872 bits per heavy atom. The van der Waals surface area contributed by atoms with Gasteiger partial charge in [0.2, 0.25) is 0 Å². The molecule has 3 nitrogen and oxygen atoms in total. The zero-order valence-electron chi connectivity index (χ0n) is 25.4. The lowest BCUT2D eigenvalue weighted by Crippen LogP contribution is -2.43. The topological polar surface area (TPSA) is 35.8 Å². The molecule has 1 saturated heterocycles. The second-order valence-corrected chi connectivity index (χ2v) is 12.8. The van der Waals surface area contributed by atoms with Gasteiger partial charge in [-0.25, -0.2) is 13.2 Å². The molecule has 0 atom stereocenters. The highest BCUT2D eigenvalue weighted by Crippen LogP contribution is 2.40.